The Morgan fingerprint density at radius 3 is 2.72 bits per heavy atom. The first-order valence-electron chi connectivity index (χ1n) is 7.62. The fraction of sp³-hybridized carbons (Fsp3) is 0.105. The first-order chi connectivity index (χ1) is 12.0. The molecule has 0 spiro atoms. The Bertz CT molecular complexity index is 956. The molecule has 1 amide bonds. The highest BCUT2D eigenvalue weighted by atomic mass is 35.5. The summed E-state index contributed by atoms with van der Waals surface area (Å²) in [6.07, 6.45) is 0. The third kappa shape index (κ3) is 4.14. The van der Waals surface area contributed by atoms with Crippen molar-refractivity contribution in [1.82, 2.24) is 4.98 Å². The number of hydrogen-bond donors (Lipinski definition) is 1. The van der Waals surface area contributed by atoms with E-state index in [0.29, 0.717) is 16.2 Å². The van der Waals surface area contributed by atoms with Crippen LogP contribution in [0.4, 0.5) is 5.69 Å². The van der Waals surface area contributed by atoms with Crippen molar-refractivity contribution in [1.29, 1.82) is 0 Å². The third-order valence-electron chi connectivity index (χ3n) is 3.54. The van der Waals surface area contributed by atoms with E-state index >= 15 is 0 Å². The van der Waals surface area contributed by atoms with Crippen molar-refractivity contribution in [3.05, 3.63) is 70.9 Å². The molecule has 1 aromatic heterocycles. The number of anilines is 1. The second-order valence-corrected chi connectivity index (χ2v) is 5.90. The van der Waals surface area contributed by atoms with Crippen LogP contribution in [0.2, 0.25) is 5.02 Å². The smallest absolute Gasteiger partial charge is 0.357 e. The van der Waals surface area contributed by atoms with Crippen LogP contribution in [0.15, 0.2) is 54.6 Å². The number of esters is 1. The zero-order valence-corrected chi connectivity index (χ0v) is 14.2. The van der Waals surface area contributed by atoms with E-state index in [0.717, 1.165) is 10.9 Å². The van der Waals surface area contributed by atoms with E-state index in [2.05, 4.69) is 10.3 Å². The van der Waals surface area contributed by atoms with Gasteiger partial charge < -0.3 is 10.1 Å². The van der Waals surface area contributed by atoms with E-state index in [4.69, 9.17) is 16.3 Å². The molecule has 3 aromatic rings. The molecule has 0 saturated carbocycles. The SMILES string of the molecule is Cc1ccc(NC(=O)COC(=O)c2ccc3ccccc3n2)c(Cl)c1. The van der Waals surface area contributed by atoms with E-state index in [-0.39, 0.29) is 5.69 Å². The number of ether oxygens (including phenoxy) is 1. The molecule has 5 nitrogen and oxygen atoms in total. The van der Waals surface area contributed by atoms with Crippen molar-refractivity contribution < 1.29 is 14.3 Å². The number of amides is 1. The number of carbonyl (C=O) groups is 2. The van der Waals surface area contributed by atoms with Crippen LogP contribution >= 0.6 is 11.6 Å². The Morgan fingerprint density at radius 1 is 1.12 bits per heavy atom. The van der Waals surface area contributed by atoms with Gasteiger partial charge in [-0.2, -0.15) is 0 Å². The summed E-state index contributed by atoms with van der Waals surface area (Å²) in [5.41, 5.74) is 2.29. The van der Waals surface area contributed by atoms with Gasteiger partial charge in [0, 0.05) is 5.39 Å². The molecule has 0 atom stereocenters. The van der Waals surface area contributed by atoms with Crippen LogP contribution in [0.5, 0.6) is 0 Å². The standard InChI is InChI=1S/C19H15ClN2O3/c1-12-6-8-16(14(20)10-12)22-18(23)11-25-19(24)17-9-7-13-4-2-3-5-15(13)21-17/h2-10H,11H2,1H3,(H,22,23). The summed E-state index contributed by atoms with van der Waals surface area (Å²) in [6, 6.07) is 16.0. The Balaban J connectivity index is 1.61. The summed E-state index contributed by atoms with van der Waals surface area (Å²) in [4.78, 5) is 28.2. The minimum atomic E-state index is -0.657. The Kier molecular flexibility index (Phi) is 4.95. The average molecular weight is 355 g/mol. The summed E-state index contributed by atoms with van der Waals surface area (Å²) in [5, 5.41) is 3.95. The first-order valence-corrected chi connectivity index (χ1v) is 7.99. The maximum atomic E-state index is 12.1. The normalized spacial score (nSPS) is 10.5. The van der Waals surface area contributed by atoms with Gasteiger partial charge >= 0.3 is 5.97 Å². The lowest BCUT2D eigenvalue weighted by atomic mass is 10.2. The van der Waals surface area contributed by atoms with Crippen LogP contribution in [0.3, 0.4) is 0 Å². The molecule has 3 rings (SSSR count). The van der Waals surface area contributed by atoms with Gasteiger partial charge in [-0.05, 0) is 36.8 Å². The molecular formula is C19H15ClN2O3. The van der Waals surface area contributed by atoms with E-state index in [1.807, 2.05) is 31.2 Å². The number of nitrogens with zero attached hydrogens (tertiary/aromatic N) is 1. The highest BCUT2D eigenvalue weighted by Gasteiger charge is 2.13. The Labute approximate surface area is 149 Å². The summed E-state index contributed by atoms with van der Waals surface area (Å²) < 4.78 is 5.02. The molecule has 2 aromatic carbocycles. The van der Waals surface area contributed by atoms with E-state index < -0.39 is 18.5 Å². The quantitative estimate of drug-likeness (QED) is 0.719. The third-order valence-corrected chi connectivity index (χ3v) is 3.85. The number of fused-ring (bicyclic) bond motifs is 1. The van der Waals surface area contributed by atoms with Crippen LogP contribution in [0.1, 0.15) is 16.1 Å². The lowest BCUT2D eigenvalue weighted by molar-refractivity contribution is -0.119. The van der Waals surface area contributed by atoms with Gasteiger partial charge in [0.25, 0.3) is 5.91 Å². The van der Waals surface area contributed by atoms with Crippen molar-refractivity contribution in [2.75, 3.05) is 11.9 Å². The minimum Gasteiger partial charge on any atom is -0.451 e. The number of pyridine rings is 1. The number of nitrogens with one attached hydrogen (secondary N) is 1. The maximum Gasteiger partial charge on any atom is 0.357 e. The van der Waals surface area contributed by atoms with Crippen molar-refractivity contribution in [3.8, 4) is 0 Å². The lowest BCUT2D eigenvalue weighted by Gasteiger charge is -2.08. The van der Waals surface area contributed by atoms with Crippen LogP contribution in [-0.2, 0) is 9.53 Å². The van der Waals surface area contributed by atoms with Gasteiger partial charge in [-0.25, -0.2) is 9.78 Å². The number of halogens is 1. The molecule has 6 heteroatoms. The van der Waals surface area contributed by atoms with Crippen LogP contribution < -0.4 is 5.32 Å². The number of carbonyl (C=O) groups excluding carboxylic acids is 2. The van der Waals surface area contributed by atoms with Crippen molar-refractivity contribution in [2.45, 2.75) is 6.92 Å². The molecule has 0 aliphatic rings. The topological polar surface area (TPSA) is 68.3 Å². The number of rotatable bonds is 4. The highest BCUT2D eigenvalue weighted by Crippen LogP contribution is 2.22. The monoisotopic (exact) mass is 354 g/mol. The molecule has 0 aliphatic heterocycles. The molecule has 25 heavy (non-hydrogen) atoms. The molecule has 1 N–H and O–H groups in total. The molecule has 0 bridgehead atoms. The maximum absolute atomic E-state index is 12.1. The fourth-order valence-electron chi connectivity index (χ4n) is 2.29. The van der Waals surface area contributed by atoms with Crippen LogP contribution in [0, 0.1) is 6.92 Å². The Hall–Kier alpha value is -2.92. The molecule has 1 heterocycles. The summed E-state index contributed by atoms with van der Waals surface area (Å²) in [5.74, 6) is -1.13. The second-order valence-electron chi connectivity index (χ2n) is 5.50. The zero-order valence-electron chi connectivity index (χ0n) is 13.5. The van der Waals surface area contributed by atoms with E-state index in [1.54, 1.807) is 30.3 Å². The summed E-state index contributed by atoms with van der Waals surface area (Å²) in [6.45, 7) is 1.48. The van der Waals surface area contributed by atoms with Gasteiger partial charge in [0.05, 0.1) is 16.2 Å². The first kappa shape index (κ1) is 16.9. The fourth-order valence-corrected chi connectivity index (χ4v) is 2.57. The van der Waals surface area contributed by atoms with Crippen LogP contribution in [-0.4, -0.2) is 23.5 Å². The molecule has 0 unspecified atom stereocenters. The van der Waals surface area contributed by atoms with Crippen LogP contribution in [0.25, 0.3) is 10.9 Å². The minimum absolute atomic E-state index is 0.153. The molecule has 126 valence electrons. The molecule has 0 fully saturated rings. The van der Waals surface area contributed by atoms with Gasteiger partial charge in [-0.3, -0.25) is 4.79 Å². The van der Waals surface area contributed by atoms with Crippen molar-refractivity contribution in [2.24, 2.45) is 0 Å². The summed E-state index contributed by atoms with van der Waals surface area (Å²) in [7, 11) is 0. The van der Waals surface area contributed by atoms with Gasteiger partial charge in [-0.15, -0.1) is 0 Å². The number of hydrogen-bond acceptors (Lipinski definition) is 4. The Morgan fingerprint density at radius 2 is 1.92 bits per heavy atom. The lowest BCUT2D eigenvalue weighted by Crippen LogP contribution is -2.21. The van der Waals surface area contributed by atoms with Crippen molar-refractivity contribution >= 4 is 40.1 Å². The largest absolute Gasteiger partial charge is 0.451 e. The number of para-hydroxylation sites is 1. The van der Waals surface area contributed by atoms with E-state index in [9.17, 15) is 9.59 Å². The number of benzene rings is 2. The van der Waals surface area contributed by atoms with Gasteiger partial charge in [0.1, 0.15) is 5.69 Å². The molecular weight excluding hydrogens is 340 g/mol. The predicted octanol–water partition coefficient (Wildman–Crippen LogP) is 3.99. The second kappa shape index (κ2) is 7.32. The van der Waals surface area contributed by atoms with Gasteiger partial charge in [0.2, 0.25) is 0 Å². The average Bonchev–Trinajstić information content (AvgIpc) is 2.61. The predicted molar refractivity (Wildman–Crippen MR) is 96.8 cm³/mol. The highest BCUT2D eigenvalue weighted by molar-refractivity contribution is 6.33. The number of aromatic nitrogens is 1. The molecule has 0 aliphatic carbocycles. The molecule has 0 radical (unpaired) electrons. The van der Waals surface area contributed by atoms with Gasteiger partial charge in [-0.1, -0.05) is 41.9 Å². The summed E-state index contributed by atoms with van der Waals surface area (Å²) >= 11 is 6.06. The number of aryl methyl sites for hydroxylation is 1. The zero-order chi connectivity index (χ0) is 17.8. The molecule has 0 saturated heterocycles. The van der Waals surface area contributed by atoms with Gasteiger partial charge in [0.15, 0.2) is 6.61 Å². The van der Waals surface area contributed by atoms with Crippen molar-refractivity contribution in [3.63, 3.8) is 0 Å². The van der Waals surface area contributed by atoms with E-state index in [1.165, 1.54) is 0 Å².